The number of methoxy groups -OCH3 is 1. The number of hydrogen-bond acceptors (Lipinski definition) is 4. The summed E-state index contributed by atoms with van der Waals surface area (Å²) in [7, 11) is 1.62. The second-order valence-corrected chi connectivity index (χ2v) is 4.98. The second-order valence-electron chi connectivity index (χ2n) is 4.55. The molecule has 0 aliphatic rings. The van der Waals surface area contributed by atoms with Crippen LogP contribution < -0.4 is 10.1 Å². The zero-order valence-electron chi connectivity index (χ0n) is 11.5. The minimum Gasteiger partial charge on any atom is -0.496 e. The smallest absolute Gasteiger partial charge is 0.133 e. The van der Waals surface area contributed by atoms with Crippen LogP contribution in [0.15, 0.2) is 41.0 Å². The third kappa shape index (κ3) is 3.54. The molecule has 0 saturated carbocycles. The van der Waals surface area contributed by atoms with E-state index in [0.29, 0.717) is 17.3 Å². The Kier molecular flexibility index (Phi) is 5.06. The van der Waals surface area contributed by atoms with Crippen molar-refractivity contribution in [2.75, 3.05) is 13.7 Å². The monoisotopic (exact) mass is 295 g/mol. The Morgan fingerprint density at radius 1 is 1.40 bits per heavy atom. The van der Waals surface area contributed by atoms with Crippen LogP contribution in [-0.2, 0) is 0 Å². The normalized spacial score (nSPS) is 14.0. The minimum atomic E-state index is -0.683. The third-order valence-electron chi connectivity index (χ3n) is 3.15. The topological polar surface area (TPSA) is 54.6 Å². The van der Waals surface area contributed by atoms with Gasteiger partial charge in [-0.2, -0.15) is 0 Å². The zero-order chi connectivity index (χ0) is 14.5. The van der Waals surface area contributed by atoms with Crippen LogP contribution in [0, 0.1) is 0 Å². The van der Waals surface area contributed by atoms with E-state index in [1.165, 1.54) is 0 Å². The van der Waals surface area contributed by atoms with Crippen molar-refractivity contribution in [1.29, 1.82) is 0 Å². The van der Waals surface area contributed by atoms with Crippen molar-refractivity contribution in [1.82, 2.24) is 5.32 Å². The summed E-state index contributed by atoms with van der Waals surface area (Å²) in [4.78, 5) is 0. The first-order valence-corrected chi connectivity index (χ1v) is 6.78. The summed E-state index contributed by atoms with van der Waals surface area (Å²) in [5, 5.41) is 13.9. The average molecular weight is 296 g/mol. The number of aliphatic hydroxyl groups excluding tert-OH is 1. The molecule has 0 bridgehead atoms. The number of nitrogens with one attached hydrogen (secondary N) is 1. The summed E-state index contributed by atoms with van der Waals surface area (Å²) in [6, 6.07) is 8.97. The van der Waals surface area contributed by atoms with E-state index in [9.17, 15) is 5.11 Å². The van der Waals surface area contributed by atoms with Crippen LogP contribution in [0.5, 0.6) is 5.75 Å². The van der Waals surface area contributed by atoms with Gasteiger partial charge in [-0.3, -0.25) is 0 Å². The van der Waals surface area contributed by atoms with Crippen molar-refractivity contribution in [2.24, 2.45) is 0 Å². The molecule has 0 spiro atoms. The molecule has 2 atom stereocenters. The highest BCUT2D eigenvalue weighted by Crippen LogP contribution is 2.28. The number of benzene rings is 1. The van der Waals surface area contributed by atoms with Gasteiger partial charge >= 0.3 is 0 Å². The van der Waals surface area contributed by atoms with Crippen LogP contribution in [-0.4, -0.2) is 18.8 Å². The maximum absolute atomic E-state index is 9.97. The lowest BCUT2D eigenvalue weighted by Crippen LogP contribution is -2.24. The number of aliphatic hydroxyl groups is 1. The fraction of sp³-hybridized carbons (Fsp3) is 0.333. The fourth-order valence-corrected chi connectivity index (χ4v) is 2.20. The van der Waals surface area contributed by atoms with E-state index in [4.69, 9.17) is 20.8 Å². The molecule has 0 saturated heterocycles. The van der Waals surface area contributed by atoms with Gasteiger partial charge in [0.15, 0.2) is 0 Å². The third-order valence-corrected chi connectivity index (χ3v) is 3.38. The molecule has 2 unspecified atom stereocenters. The number of hydrogen-bond donors (Lipinski definition) is 2. The molecule has 4 nitrogen and oxygen atoms in total. The SMILES string of the molecule is COc1ccc(Cl)cc1C(C)NCC(O)c1ccco1. The lowest BCUT2D eigenvalue weighted by atomic mass is 10.1. The van der Waals surface area contributed by atoms with Gasteiger partial charge in [0.05, 0.1) is 13.4 Å². The Morgan fingerprint density at radius 3 is 2.85 bits per heavy atom. The van der Waals surface area contributed by atoms with Crippen molar-refractivity contribution in [3.05, 3.63) is 52.9 Å². The largest absolute Gasteiger partial charge is 0.496 e. The number of halogens is 1. The molecule has 0 radical (unpaired) electrons. The Hall–Kier alpha value is -1.49. The van der Waals surface area contributed by atoms with Crippen LogP contribution in [0.4, 0.5) is 0 Å². The molecule has 108 valence electrons. The van der Waals surface area contributed by atoms with Crippen molar-refractivity contribution < 1.29 is 14.3 Å². The van der Waals surface area contributed by atoms with E-state index in [2.05, 4.69) is 5.32 Å². The molecule has 2 N–H and O–H groups in total. The predicted molar refractivity (Wildman–Crippen MR) is 78.1 cm³/mol. The summed E-state index contributed by atoms with van der Waals surface area (Å²) >= 11 is 6.01. The Bertz CT molecular complexity index is 542. The quantitative estimate of drug-likeness (QED) is 0.858. The predicted octanol–water partition coefficient (Wildman–Crippen LogP) is 3.33. The highest BCUT2D eigenvalue weighted by atomic mass is 35.5. The number of furan rings is 1. The number of ether oxygens (including phenoxy) is 1. The van der Waals surface area contributed by atoms with Crippen molar-refractivity contribution >= 4 is 11.6 Å². The Balaban J connectivity index is 2.01. The van der Waals surface area contributed by atoms with E-state index in [0.717, 1.165) is 11.3 Å². The molecular formula is C15H18ClNO3. The molecule has 2 aromatic rings. The van der Waals surface area contributed by atoms with Gasteiger partial charge in [0.2, 0.25) is 0 Å². The van der Waals surface area contributed by atoms with Crippen molar-refractivity contribution in [2.45, 2.75) is 19.1 Å². The molecule has 1 aromatic carbocycles. The van der Waals surface area contributed by atoms with Gasteiger partial charge < -0.3 is 19.6 Å². The van der Waals surface area contributed by atoms with E-state index < -0.39 is 6.10 Å². The molecular weight excluding hydrogens is 278 g/mol. The molecule has 20 heavy (non-hydrogen) atoms. The van der Waals surface area contributed by atoms with Crippen molar-refractivity contribution in [3.8, 4) is 5.75 Å². The van der Waals surface area contributed by atoms with E-state index in [1.54, 1.807) is 31.6 Å². The molecule has 2 rings (SSSR count). The second kappa shape index (κ2) is 6.79. The van der Waals surface area contributed by atoms with Crippen LogP contribution in [0.1, 0.15) is 30.4 Å². The van der Waals surface area contributed by atoms with E-state index in [-0.39, 0.29) is 6.04 Å². The molecule has 1 aromatic heterocycles. The van der Waals surface area contributed by atoms with Crippen LogP contribution in [0.3, 0.4) is 0 Å². The Morgan fingerprint density at radius 2 is 2.20 bits per heavy atom. The van der Waals surface area contributed by atoms with Crippen LogP contribution in [0.25, 0.3) is 0 Å². The first-order chi connectivity index (χ1) is 9.61. The maximum Gasteiger partial charge on any atom is 0.133 e. The van der Waals surface area contributed by atoms with Gasteiger partial charge in [0, 0.05) is 23.2 Å². The van der Waals surface area contributed by atoms with E-state index >= 15 is 0 Å². The summed E-state index contributed by atoms with van der Waals surface area (Å²) in [6.45, 7) is 2.37. The molecule has 0 fully saturated rings. The zero-order valence-corrected chi connectivity index (χ0v) is 12.2. The lowest BCUT2D eigenvalue weighted by Gasteiger charge is -2.19. The molecule has 0 aliphatic carbocycles. The van der Waals surface area contributed by atoms with Gasteiger partial charge in [-0.05, 0) is 37.3 Å². The van der Waals surface area contributed by atoms with Crippen molar-refractivity contribution in [3.63, 3.8) is 0 Å². The summed E-state index contributed by atoms with van der Waals surface area (Å²) in [5.74, 6) is 1.31. The van der Waals surface area contributed by atoms with Gasteiger partial charge in [-0.1, -0.05) is 11.6 Å². The van der Waals surface area contributed by atoms with Crippen LogP contribution in [0.2, 0.25) is 5.02 Å². The van der Waals surface area contributed by atoms with E-state index in [1.807, 2.05) is 19.1 Å². The van der Waals surface area contributed by atoms with Crippen LogP contribution >= 0.6 is 11.6 Å². The summed E-state index contributed by atoms with van der Waals surface area (Å²) in [5.41, 5.74) is 0.951. The fourth-order valence-electron chi connectivity index (χ4n) is 2.02. The maximum atomic E-state index is 9.97. The molecule has 1 heterocycles. The summed E-state index contributed by atoms with van der Waals surface area (Å²) in [6.07, 6.45) is 0.861. The van der Waals surface area contributed by atoms with Gasteiger partial charge in [0.25, 0.3) is 0 Å². The van der Waals surface area contributed by atoms with Gasteiger partial charge in [-0.15, -0.1) is 0 Å². The highest BCUT2D eigenvalue weighted by molar-refractivity contribution is 6.30. The highest BCUT2D eigenvalue weighted by Gasteiger charge is 2.15. The first-order valence-electron chi connectivity index (χ1n) is 6.40. The van der Waals surface area contributed by atoms with Gasteiger partial charge in [0.1, 0.15) is 17.6 Å². The molecule has 0 aliphatic heterocycles. The minimum absolute atomic E-state index is 0.00624. The standard InChI is InChI=1S/C15H18ClNO3/c1-10(12-8-11(16)5-6-14(12)19-2)17-9-13(18)15-4-3-7-20-15/h3-8,10,13,17-18H,9H2,1-2H3. The summed E-state index contributed by atoms with van der Waals surface area (Å²) < 4.78 is 10.5. The molecule has 0 amide bonds. The lowest BCUT2D eigenvalue weighted by molar-refractivity contribution is 0.144. The number of rotatable bonds is 6. The first kappa shape index (κ1) is 14.9. The van der Waals surface area contributed by atoms with Gasteiger partial charge in [-0.25, -0.2) is 0 Å². The Labute approximate surface area is 123 Å². The molecule has 5 heteroatoms. The average Bonchev–Trinajstić information content (AvgIpc) is 2.98.